The second-order valence-electron chi connectivity index (χ2n) is 4.87. The van der Waals surface area contributed by atoms with E-state index in [0.29, 0.717) is 18.4 Å². The number of aromatic nitrogens is 2. The van der Waals surface area contributed by atoms with Gasteiger partial charge in [-0.15, -0.1) is 0 Å². The molecular formula is C15H17F2N3O3. The second-order valence-corrected chi connectivity index (χ2v) is 4.87. The van der Waals surface area contributed by atoms with Crippen LogP contribution in [0.2, 0.25) is 0 Å². The molecule has 2 aromatic rings. The number of carbonyl (C=O) groups is 1. The highest BCUT2D eigenvalue weighted by Gasteiger charge is 2.17. The van der Waals surface area contributed by atoms with E-state index in [1.165, 1.54) is 6.92 Å². The molecule has 1 unspecified atom stereocenters. The zero-order valence-electron chi connectivity index (χ0n) is 12.7. The fourth-order valence-electron chi connectivity index (χ4n) is 1.86. The lowest BCUT2D eigenvalue weighted by Crippen LogP contribution is -2.36. The first-order valence-electron chi connectivity index (χ1n) is 6.91. The van der Waals surface area contributed by atoms with Crippen molar-refractivity contribution in [1.82, 2.24) is 15.5 Å². The van der Waals surface area contributed by atoms with Crippen LogP contribution in [-0.2, 0) is 22.7 Å². The summed E-state index contributed by atoms with van der Waals surface area (Å²) >= 11 is 0. The van der Waals surface area contributed by atoms with Crippen LogP contribution in [0.5, 0.6) is 5.75 Å². The Balaban J connectivity index is 1.86. The maximum atomic E-state index is 13.5. The van der Waals surface area contributed by atoms with Crippen LogP contribution < -0.4 is 10.1 Å². The van der Waals surface area contributed by atoms with E-state index in [2.05, 4.69) is 15.5 Å². The molecule has 23 heavy (non-hydrogen) atoms. The quantitative estimate of drug-likeness (QED) is 0.815. The topological polar surface area (TPSA) is 76.2 Å². The molecule has 0 fully saturated rings. The zero-order valence-corrected chi connectivity index (χ0v) is 12.7. The number of amides is 1. The predicted octanol–water partition coefficient (Wildman–Crippen LogP) is 1.92. The summed E-state index contributed by atoms with van der Waals surface area (Å²) < 4.78 is 36.4. The molecular weight excluding hydrogens is 308 g/mol. The van der Waals surface area contributed by atoms with Crippen LogP contribution in [0.1, 0.15) is 18.3 Å². The van der Waals surface area contributed by atoms with Gasteiger partial charge in [-0.25, -0.2) is 8.78 Å². The first-order valence-corrected chi connectivity index (χ1v) is 6.91. The van der Waals surface area contributed by atoms with Crippen LogP contribution in [0.3, 0.4) is 0 Å². The van der Waals surface area contributed by atoms with Crippen molar-refractivity contribution in [2.45, 2.75) is 26.2 Å². The van der Waals surface area contributed by atoms with Gasteiger partial charge in [0.1, 0.15) is 5.82 Å². The van der Waals surface area contributed by atoms with E-state index in [-0.39, 0.29) is 12.3 Å². The third-order valence-electron chi connectivity index (χ3n) is 3.00. The molecule has 1 amide bonds. The fourth-order valence-corrected chi connectivity index (χ4v) is 1.86. The van der Waals surface area contributed by atoms with E-state index in [0.717, 1.165) is 17.8 Å². The lowest BCUT2D eigenvalue weighted by molar-refractivity contribution is -0.127. The van der Waals surface area contributed by atoms with Crippen LogP contribution in [0, 0.1) is 11.6 Å². The van der Waals surface area contributed by atoms with Crippen LogP contribution in [0.15, 0.2) is 24.3 Å². The molecule has 0 saturated carbocycles. The Morgan fingerprint density at radius 2 is 2.17 bits per heavy atom. The highest BCUT2D eigenvalue weighted by atomic mass is 19.1. The van der Waals surface area contributed by atoms with Gasteiger partial charge in [-0.1, -0.05) is 0 Å². The summed E-state index contributed by atoms with van der Waals surface area (Å²) in [5.41, 5.74) is 1.42. The van der Waals surface area contributed by atoms with Crippen molar-refractivity contribution in [3.8, 4) is 5.75 Å². The van der Waals surface area contributed by atoms with Gasteiger partial charge in [-0.05, 0) is 25.1 Å². The van der Waals surface area contributed by atoms with Gasteiger partial charge in [0.15, 0.2) is 17.7 Å². The number of carbonyl (C=O) groups excluding carboxylic acids is 1. The van der Waals surface area contributed by atoms with Gasteiger partial charge >= 0.3 is 0 Å². The normalized spacial score (nSPS) is 12.0. The highest BCUT2D eigenvalue weighted by Crippen LogP contribution is 2.19. The van der Waals surface area contributed by atoms with E-state index in [1.807, 2.05) is 0 Å². The van der Waals surface area contributed by atoms with Crippen molar-refractivity contribution in [1.29, 1.82) is 0 Å². The molecule has 2 N–H and O–H groups in total. The minimum atomic E-state index is -0.934. The molecule has 124 valence electrons. The summed E-state index contributed by atoms with van der Waals surface area (Å²) in [6.07, 6.45) is -0.934. The molecule has 0 aliphatic carbocycles. The maximum absolute atomic E-state index is 13.5. The van der Waals surface area contributed by atoms with E-state index in [4.69, 9.17) is 9.47 Å². The largest absolute Gasteiger partial charge is 0.478 e. The average Bonchev–Trinajstić information content (AvgIpc) is 2.95. The third-order valence-corrected chi connectivity index (χ3v) is 3.00. The summed E-state index contributed by atoms with van der Waals surface area (Å²) in [4.78, 5) is 11.9. The fraction of sp³-hybridized carbons (Fsp3) is 0.333. The Bertz CT molecular complexity index is 676. The van der Waals surface area contributed by atoms with Gasteiger partial charge in [-0.2, -0.15) is 5.10 Å². The summed E-state index contributed by atoms with van der Waals surface area (Å²) in [6.45, 7) is 2.06. The van der Waals surface area contributed by atoms with E-state index < -0.39 is 23.6 Å². The highest BCUT2D eigenvalue weighted by molar-refractivity contribution is 5.80. The second kappa shape index (κ2) is 7.68. The number of methoxy groups -OCH3 is 1. The molecule has 8 heteroatoms. The maximum Gasteiger partial charge on any atom is 0.261 e. The molecule has 0 aliphatic heterocycles. The summed E-state index contributed by atoms with van der Waals surface area (Å²) in [5, 5.41) is 9.39. The van der Waals surface area contributed by atoms with Crippen molar-refractivity contribution >= 4 is 5.91 Å². The number of hydrogen-bond acceptors (Lipinski definition) is 4. The molecule has 0 spiro atoms. The number of halogens is 2. The molecule has 1 aromatic heterocycles. The summed E-state index contributed by atoms with van der Waals surface area (Å²) in [5.74, 6) is -2.19. The number of rotatable bonds is 7. The molecule has 0 aliphatic rings. The van der Waals surface area contributed by atoms with E-state index in [9.17, 15) is 13.6 Å². The first kappa shape index (κ1) is 16.9. The van der Waals surface area contributed by atoms with Crippen LogP contribution in [0.25, 0.3) is 0 Å². The van der Waals surface area contributed by atoms with E-state index in [1.54, 1.807) is 13.2 Å². The number of aromatic amines is 1. The Kier molecular flexibility index (Phi) is 5.64. The van der Waals surface area contributed by atoms with Crippen molar-refractivity contribution in [3.05, 3.63) is 47.3 Å². The number of nitrogens with zero attached hydrogens (tertiary/aromatic N) is 1. The molecule has 1 atom stereocenters. The first-order chi connectivity index (χ1) is 11.0. The standard InChI is InChI=1S/C15H17F2N3O3/c1-9(23-14-4-3-10(16)5-13(14)17)15(21)18-7-11-6-12(8-22-2)20-19-11/h3-6,9H,7-8H2,1-2H3,(H,18,21)(H,19,20). The minimum absolute atomic E-state index is 0.182. The predicted molar refractivity (Wildman–Crippen MR) is 77.6 cm³/mol. The van der Waals surface area contributed by atoms with Crippen molar-refractivity contribution in [2.75, 3.05) is 7.11 Å². The monoisotopic (exact) mass is 325 g/mol. The van der Waals surface area contributed by atoms with Crippen LogP contribution in [-0.4, -0.2) is 29.3 Å². The van der Waals surface area contributed by atoms with Crippen molar-refractivity contribution < 1.29 is 23.0 Å². The molecule has 0 bridgehead atoms. The Labute approximate surface area is 131 Å². The van der Waals surface area contributed by atoms with Crippen molar-refractivity contribution in [2.24, 2.45) is 0 Å². The number of hydrogen-bond donors (Lipinski definition) is 2. The van der Waals surface area contributed by atoms with Crippen LogP contribution in [0.4, 0.5) is 8.78 Å². The number of nitrogens with one attached hydrogen (secondary N) is 2. The Hall–Kier alpha value is -2.48. The third kappa shape index (κ3) is 4.75. The van der Waals surface area contributed by atoms with E-state index >= 15 is 0 Å². The molecule has 0 radical (unpaired) electrons. The smallest absolute Gasteiger partial charge is 0.261 e. The molecule has 2 rings (SSSR count). The molecule has 0 saturated heterocycles. The van der Waals surface area contributed by atoms with Gasteiger partial charge in [0.25, 0.3) is 5.91 Å². The zero-order chi connectivity index (χ0) is 16.8. The van der Waals surface area contributed by atoms with Gasteiger partial charge in [0, 0.05) is 13.2 Å². The minimum Gasteiger partial charge on any atom is -0.478 e. The SMILES string of the molecule is COCc1cc(CNC(=O)C(C)Oc2ccc(F)cc2F)[nH]n1. The Morgan fingerprint density at radius 1 is 1.39 bits per heavy atom. The van der Waals surface area contributed by atoms with Crippen LogP contribution >= 0.6 is 0 Å². The van der Waals surface area contributed by atoms with Gasteiger partial charge < -0.3 is 14.8 Å². The summed E-state index contributed by atoms with van der Waals surface area (Å²) in [7, 11) is 1.56. The van der Waals surface area contributed by atoms with Gasteiger partial charge in [-0.3, -0.25) is 9.89 Å². The van der Waals surface area contributed by atoms with Gasteiger partial charge in [0.2, 0.25) is 0 Å². The average molecular weight is 325 g/mol. The number of benzene rings is 1. The Morgan fingerprint density at radius 3 is 2.87 bits per heavy atom. The number of ether oxygens (including phenoxy) is 2. The molecule has 1 aromatic carbocycles. The van der Waals surface area contributed by atoms with Gasteiger partial charge in [0.05, 0.1) is 24.5 Å². The molecule has 6 nitrogen and oxygen atoms in total. The van der Waals surface area contributed by atoms with Crippen molar-refractivity contribution in [3.63, 3.8) is 0 Å². The summed E-state index contributed by atoms with van der Waals surface area (Å²) in [6, 6.07) is 4.65. The lowest BCUT2D eigenvalue weighted by Gasteiger charge is -2.14. The molecule has 1 heterocycles. The number of H-pyrrole nitrogens is 1. The lowest BCUT2D eigenvalue weighted by atomic mass is 10.3.